The predicted molar refractivity (Wildman–Crippen MR) is 98.7 cm³/mol. The maximum Gasteiger partial charge on any atom is 0.317 e. The Kier molecular flexibility index (Phi) is 6.22. The van der Waals surface area contributed by atoms with E-state index in [2.05, 4.69) is 0 Å². The first kappa shape index (κ1) is 19.4. The van der Waals surface area contributed by atoms with Crippen LogP contribution in [0.25, 0.3) is 0 Å². The zero-order valence-electron chi connectivity index (χ0n) is 15.8. The van der Waals surface area contributed by atoms with E-state index >= 15 is 0 Å². The monoisotopic (exact) mass is 346 g/mol. The van der Waals surface area contributed by atoms with Crippen molar-refractivity contribution in [1.82, 2.24) is 9.80 Å². The number of aryl methyl sites for hydroxylation is 1. The Morgan fingerprint density at radius 1 is 1.24 bits per heavy atom. The number of likely N-dealkylation sites (N-methyl/N-ethyl adjacent to an activating group) is 1. The third-order valence-corrected chi connectivity index (χ3v) is 5.35. The topological polar surface area (TPSA) is 60.9 Å². The maximum atomic E-state index is 13.2. The number of amides is 1. The van der Waals surface area contributed by atoms with E-state index in [4.69, 9.17) is 5.11 Å². The van der Waals surface area contributed by atoms with Crippen LogP contribution in [0.1, 0.15) is 44.2 Å². The van der Waals surface area contributed by atoms with Crippen LogP contribution in [0.2, 0.25) is 0 Å². The molecule has 5 nitrogen and oxygen atoms in total. The molecule has 1 aromatic rings. The Morgan fingerprint density at radius 3 is 2.56 bits per heavy atom. The third-order valence-electron chi connectivity index (χ3n) is 5.35. The minimum Gasteiger partial charge on any atom is -0.480 e. The minimum absolute atomic E-state index is 0.0489. The molecule has 0 bridgehead atoms. The Hall–Kier alpha value is -1.88. The van der Waals surface area contributed by atoms with Gasteiger partial charge in [-0.2, -0.15) is 0 Å². The summed E-state index contributed by atoms with van der Waals surface area (Å²) in [5.41, 5.74) is 1.65. The number of likely N-dealkylation sites (tertiary alicyclic amines) is 1. The summed E-state index contributed by atoms with van der Waals surface area (Å²) in [7, 11) is 1.85. The number of rotatable bonds is 5. The molecule has 0 saturated carbocycles. The van der Waals surface area contributed by atoms with Crippen molar-refractivity contribution in [3.05, 3.63) is 35.4 Å². The van der Waals surface area contributed by atoms with Gasteiger partial charge in [-0.1, -0.05) is 24.3 Å². The molecule has 1 unspecified atom stereocenters. The fourth-order valence-corrected chi connectivity index (χ4v) is 3.85. The van der Waals surface area contributed by atoms with Crippen molar-refractivity contribution in [2.75, 3.05) is 26.7 Å². The normalized spacial score (nSPS) is 18.9. The second kappa shape index (κ2) is 8.00. The molecule has 0 spiro atoms. The average molecular weight is 346 g/mol. The van der Waals surface area contributed by atoms with Gasteiger partial charge in [0.15, 0.2) is 0 Å². The Balaban J connectivity index is 2.08. The highest BCUT2D eigenvalue weighted by molar-refractivity contribution is 5.87. The molecule has 5 heteroatoms. The first-order valence-electron chi connectivity index (χ1n) is 9.01. The molecule has 1 aromatic carbocycles. The van der Waals surface area contributed by atoms with Gasteiger partial charge in [0.2, 0.25) is 5.91 Å². The molecular formula is C20H30N2O3. The Bertz CT molecular complexity index is 627. The van der Waals surface area contributed by atoms with Crippen LogP contribution in [0.15, 0.2) is 24.3 Å². The van der Waals surface area contributed by atoms with E-state index in [0.29, 0.717) is 6.54 Å². The number of aliphatic carboxylic acids is 1. The van der Waals surface area contributed by atoms with Crippen LogP contribution >= 0.6 is 0 Å². The lowest BCUT2D eigenvalue weighted by Gasteiger charge is -2.33. The summed E-state index contributed by atoms with van der Waals surface area (Å²) < 4.78 is 0. The smallest absolute Gasteiger partial charge is 0.317 e. The van der Waals surface area contributed by atoms with Crippen molar-refractivity contribution >= 4 is 11.9 Å². The lowest BCUT2D eigenvalue weighted by molar-refractivity contribution is -0.139. The fraction of sp³-hybridized carbons (Fsp3) is 0.600. The van der Waals surface area contributed by atoms with Gasteiger partial charge in [-0.25, -0.2) is 0 Å². The van der Waals surface area contributed by atoms with Crippen LogP contribution in [0, 0.1) is 6.92 Å². The number of hydrogen-bond acceptors (Lipinski definition) is 3. The molecule has 1 atom stereocenters. The van der Waals surface area contributed by atoms with Gasteiger partial charge in [-0.3, -0.25) is 14.5 Å². The first-order valence-corrected chi connectivity index (χ1v) is 9.01. The van der Waals surface area contributed by atoms with E-state index in [1.807, 2.05) is 61.9 Å². The zero-order valence-corrected chi connectivity index (χ0v) is 15.8. The van der Waals surface area contributed by atoms with Gasteiger partial charge in [0, 0.05) is 19.1 Å². The van der Waals surface area contributed by atoms with E-state index in [-0.39, 0.29) is 18.5 Å². The molecule has 0 radical (unpaired) electrons. The highest BCUT2D eigenvalue weighted by atomic mass is 16.4. The van der Waals surface area contributed by atoms with Crippen LogP contribution < -0.4 is 0 Å². The lowest BCUT2D eigenvalue weighted by Crippen LogP contribution is -2.44. The van der Waals surface area contributed by atoms with E-state index < -0.39 is 11.4 Å². The zero-order chi connectivity index (χ0) is 18.6. The van der Waals surface area contributed by atoms with Crippen LogP contribution in [-0.2, 0) is 15.0 Å². The standard InChI is InChI=1S/C20H30N2O3/c1-15-8-5-6-10-17(15)20(2,3)19(25)22-12-7-9-16(11-13-22)21(4)14-18(23)24/h5-6,8,10,16H,7,9,11-14H2,1-4H3,(H,23,24). The molecule has 1 heterocycles. The molecule has 0 aromatic heterocycles. The quantitative estimate of drug-likeness (QED) is 0.890. The molecule has 25 heavy (non-hydrogen) atoms. The summed E-state index contributed by atoms with van der Waals surface area (Å²) in [4.78, 5) is 28.0. The number of carboxylic acid groups (broad SMARTS) is 1. The first-order chi connectivity index (χ1) is 11.7. The molecule has 2 rings (SSSR count). The Labute approximate surface area is 150 Å². The largest absolute Gasteiger partial charge is 0.480 e. The SMILES string of the molecule is Cc1ccccc1C(C)(C)C(=O)N1CCCC(N(C)CC(=O)O)CC1. The van der Waals surface area contributed by atoms with Crippen molar-refractivity contribution in [2.45, 2.75) is 51.5 Å². The number of hydrogen-bond donors (Lipinski definition) is 1. The number of nitrogens with zero attached hydrogens (tertiary/aromatic N) is 2. The summed E-state index contributed by atoms with van der Waals surface area (Å²) in [5, 5.41) is 8.98. The number of carbonyl (C=O) groups excluding carboxylic acids is 1. The molecule has 1 N–H and O–H groups in total. The van der Waals surface area contributed by atoms with Crippen molar-refractivity contribution in [2.24, 2.45) is 0 Å². The predicted octanol–water partition coefficient (Wildman–Crippen LogP) is 2.67. The average Bonchev–Trinajstić information content (AvgIpc) is 2.79. The van der Waals surface area contributed by atoms with Gasteiger partial charge in [0.25, 0.3) is 0 Å². The van der Waals surface area contributed by atoms with Gasteiger partial charge >= 0.3 is 5.97 Å². The lowest BCUT2D eigenvalue weighted by atomic mass is 9.80. The molecule has 1 aliphatic heterocycles. The van der Waals surface area contributed by atoms with Gasteiger partial charge in [-0.05, 0) is 58.2 Å². The van der Waals surface area contributed by atoms with Crippen LogP contribution in [-0.4, -0.2) is 59.5 Å². The van der Waals surface area contributed by atoms with E-state index in [9.17, 15) is 9.59 Å². The van der Waals surface area contributed by atoms with Crippen molar-refractivity contribution in [3.63, 3.8) is 0 Å². The summed E-state index contributed by atoms with van der Waals surface area (Å²) in [6.07, 6.45) is 2.65. The molecule has 1 fully saturated rings. The maximum absolute atomic E-state index is 13.2. The Morgan fingerprint density at radius 2 is 1.92 bits per heavy atom. The highest BCUT2D eigenvalue weighted by Gasteiger charge is 2.35. The van der Waals surface area contributed by atoms with Gasteiger partial charge in [0.1, 0.15) is 0 Å². The highest BCUT2D eigenvalue weighted by Crippen LogP contribution is 2.29. The van der Waals surface area contributed by atoms with E-state index in [0.717, 1.165) is 36.9 Å². The summed E-state index contributed by atoms with van der Waals surface area (Å²) in [6.45, 7) is 7.51. The summed E-state index contributed by atoms with van der Waals surface area (Å²) >= 11 is 0. The summed E-state index contributed by atoms with van der Waals surface area (Å²) in [6, 6.07) is 8.28. The number of benzene rings is 1. The minimum atomic E-state index is -0.805. The number of carboxylic acids is 1. The van der Waals surface area contributed by atoms with E-state index in [1.165, 1.54) is 0 Å². The molecule has 1 aliphatic rings. The van der Waals surface area contributed by atoms with Crippen molar-refractivity contribution in [3.8, 4) is 0 Å². The summed E-state index contributed by atoms with van der Waals surface area (Å²) in [5.74, 6) is -0.649. The van der Waals surface area contributed by atoms with E-state index in [1.54, 1.807) is 0 Å². The van der Waals surface area contributed by atoms with Crippen LogP contribution in [0.4, 0.5) is 0 Å². The number of carbonyl (C=O) groups is 2. The van der Waals surface area contributed by atoms with Gasteiger partial charge in [0.05, 0.1) is 12.0 Å². The second-order valence-electron chi connectivity index (χ2n) is 7.63. The molecule has 138 valence electrons. The fourth-order valence-electron chi connectivity index (χ4n) is 3.85. The second-order valence-corrected chi connectivity index (χ2v) is 7.63. The van der Waals surface area contributed by atoms with Crippen LogP contribution in [0.5, 0.6) is 0 Å². The molecular weight excluding hydrogens is 316 g/mol. The molecule has 0 aliphatic carbocycles. The third kappa shape index (κ3) is 4.60. The van der Waals surface area contributed by atoms with Crippen molar-refractivity contribution in [1.29, 1.82) is 0 Å². The van der Waals surface area contributed by atoms with Gasteiger partial charge in [-0.15, -0.1) is 0 Å². The molecule has 1 saturated heterocycles. The van der Waals surface area contributed by atoms with Crippen molar-refractivity contribution < 1.29 is 14.7 Å². The van der Waals surface area contributed by atoms with Gasteiger partial charge < -0.3 is 10.0 Å². The molecule has 1 amide bonds. The van der Waals surface area contributed by atoms with Crippen LogP contribution in [0.3, 0.4) is 0 Å².